The number of ether oxygens (including phenoxy) is 2. The van der Waals surface area contributed by atoms with Crippen LogP contribution in [0.15, 0.2) is 42.5 Å². The lowest BCUT2D eigenvalue weighted by molar-refractivity contribution is -0.133. The Hall–Kier alpha value is -2.24. The van der Waals surface area contributed by atoms with Gasteiger partial charge in [0.05, 0.1) is 25.8 Å². The van der Waals surface area contributed by atoms with Crippen molar-refractivity contribution in [3.63, 3.8) is 0 Å². The van der Waals surface area contributed by atoms with E-state index >= 15 is 0 Å². The summed E-state index contributed by atoms with van der Waals surface area (Å²) < 4.78 is 11.6. The summed E-state index contributed by atoms with van der Waals surface area (Å²) in [7, 11) is 1.98. The largest absolute Gasteiger partial charge is 0.490 e. The number of fused-ring (bicyclic) bond motifs is 1. The maximum atomic E-state index is 13.0. The van der Waals surface area contributed by atoms with Gasteiger partial charge in [0.1, 0.15) is 0 Å². The van der Waals surface area contributed by atoms with Crippen LogP contribution in [-0.2, 0) is 11.3 Å². The Labute approximate surface area is 177 Å². The third-order valence-electron chi connectivity index (χ3n) is 5.50. The van der Waals surface area contributed by atoms with Crippen LogP contribution in [0.3, 0.4) is 0 Å². The van der Waals surface area contributed by atoms with Gasteiger partial charge in [0.25, 0.3) is 0 Å². The van der Waals surface area contributed by atoms with Gasteiger partial charge < -0.3 is 14.4 Å². The summed E-state index contributed by atoms with van der Waals surface area (Å²) in [5, 5.41) is 0.725. The predicted octanol–water partition coefficient (Wildman–Crippen LogP) is 4.30. The van der Waals surface area contributed by atoms with Crippen LogP contribution in [0.5, 0.6) is 11.5 Å². The Kier molecular flexibility index (Phi) is 6.26. The fourth-order valence-corrected chi connectivity index (χ4v) is 4.20. The Morgan fingerprint density at radius 1 is 1.10 bits per heavy atom. The molecule has 5 nitrogen and oxygen atoms in total. The highest BCUT2D eigenvalue weighted by Gasteiger charge is 2.31. The third-order valence-corrected chi connectivity index (χ3v) is 5.75. The van der Waals surface area contributed by atoms with E-state index in [9.17, 15) is 4.79 Å². The van der Waals surface area contributed by atoms with Crippen LogP contribution >= 0.6 is 11.6 Å². The number of hydrogen-bond donors (Lipinski definition) is 0. The van der Waals surface area contributed by atoms with Gasteiger partial charge in [0.2, 0.25) is 5.91 Å². The maximum Gasteiger partial charge on any atom is 0.237 e. The van der Waals surface area contributed by atoms with Gasteiger partial charge in [-0.25, -0.2) is 0 Å². The van der Waals surface area contributed by atoms with Crippen LogP contribution in [0.2, 0.25) is 5.02 Å². The minimum atomic E-state index is 0.101. The fraction of sp³-hybridized carbons (Fsp3) is 0.435. The van der Waals surface area contributed by atoms with Crippen LogP contribution in [0.1, 0.15) is 36.4 Å². The van der Waals surface area contributed by atoms with E-state index in [0.29, 0.717) is 26.3 Å². The topological polar surface area (TPSA) is 42.0 Å². The third kappa shape index (κ3) is 4.85. The Morgan fingerprint density at radius 3 is 2.66 bits per heavy atom. The monoisotopic (exact) mass is 414 g/mol. The molecule has 0 saturated carbocycles. The molecular formula is C23H27ClN2O3. The quantitative estimate of drug-likeness (QED) is 0.731. The summed E-state index contributed by atoms with van der Waals surface area (Å²) in [4.78, 5) is 17.1. The number of hydrogen-bond acceptors (Lipinski definition) is 4. The summed E-state index contributed by atoms with van der Waals surface area (Å²) in [5.74, 6) is 1.75. The number of halogens is 1. The number of nitrogens with zero attached hydrogens (tertiary/aromatic N) is 2. The Bertz CT molecular complexity index is 856. The summed E-state index contributed by atoms with van der Waals surface area (Å²) in [6.45, 7) is 3.25. The molecule has 1 atom stereocenters. The summed E-state index contributed by atoms with van der Waals surface area (Å²) >= 11 is 5.96. The predicted molar refractivity (Wildman–Crippen MR) is 114 cm³/mol. The van der Waals surface area contributed by atoms with Gasteiger partial charge in [-0.2, -0.15) is 0 Å². The van der Waals surface area contributed by atoms with Crippen LogP contribution in [0.4, 0.5) is 0 Å². The standard InChI is InChI=1S/C23H27ClN2O3/c1-25(15-17-5-8-19(24)9-6-17)16-23(27)26-11-2-4-20(26)18-7-10-21-22(14-18)29-13-3-12-28-21/h5-10,14,20H,2-4,11-13,15-16H2,1H3/t20-/m1/s1. The van der Waals surface area contributed by atoms with Crippen LogP contribution in [0.25, 0.3) is 0 Å². The summed E-state index contributed by atoms with van der Waals surface area (Å²) in [5.41, 5.74) is 2.27. The molecule has 0 spiro atoms. The summed E-state index contributed by atoms with van der Waals surface area (Å²) in [6, 6.07) is 14.0. The van der Waals surface area contributed by atoms with Crippen molar-refractivity contribution in [1.29, 1.82) is 0 Å². The van der Waals surface area contributed by atoms with Crippen LogP contribution in [0, 0.1) is 0 Å². The molecular weight excluding hydrogens is 388 g/mol. The lowest BCUT2D eigenvalue weighted by Crippen LogP contribution is -2.38. The second-order valence-corrected chi connectivity index (χ2v) is 8.24. The van der Waals surface area contributed by atoms with E-state index in [1.54, 1.807) is 0 Å². The van der Waals surface area contributed by atoms with E-state index in [0.717, 1.165) is 53.5 Å². The average Bonchev–Trinajstić information content (AvgIpc) is 3.09. The van der Waals surface area contributed by atoms with Crippen molar-refractivity contribution < 1.29 is 14.3 Å². The van der Waals surface area contributed by atoms with Gasteiger partial charge >= 0.3 is 0 Å². The van der Waals surface area contributed by atoms with E-state index < -0.39 is 0 Å². The first-order valence-corrected chi connectivity index (χ1v) is 10.6. The SMILES string of the molecule is CN(CC(=O)N1CCC[C@@H]1c1ccc2c(c1)OCCCO2)Cc1ccc(Cl)cc1. The minimum absolute atomic E-state index is 0.101. The first-order valence-electron chi connectivity index (χ1n) is 10.2. The lowest BCUT2D eigenvalue weighted by atomic mass is 10.0. The van der Waals surface area contributed by atoms with E-state index in [1.807, 2.05) is 48.3 Å². The Balaban J connectivity index is 1.41. The zero-order chi connectivity index (χ0) is 20.2. The molecule has 0 N–H and O–H groups in total. The van der Waals surface area contributed by atoms with Crippen LogP contribution < -0.4 is 9.47 Å². The Morgan fingerprint density at radius 2 is 1.86 bits per heavy atom. The highest BCUT2D eigenvalue weighted by Crippen LogP contribution is 2.38. The fourth-order valence-electron chi connectivity index (χ4n) is 4.08. The average molecular weight is 415 g/mol. The van der Waals surface area contributed by atoms with Gasteiger partial charge in [-0.1, -0.05) is 29.8 Å². The number of likely N-dealkylation sites (N-methyl/N-ethyl adjacent to an activating group) is 1. The highest BCUT2D eigenvalue weighted by molar-refractivity contribution is 6.30. The van der Waals surface area contributed by atoms with Crippen molar-refractivity contribution in [3.05, 3.63) is 58.6 Å². The number of carbonyl (C=O) groups excluding carboxylic acids is 1. The van der Waals surface area contributed by atoms with Crippen molar-refractivity contribution >= 4 is 17.5 Å². The van der Waals surface area contributed by atoms with Gasteiger partial charge in [-0.15, -0.1) is 0 Å². The van der Waals surface area contributed by atoms with Crippen molar-refractivity contribution in [2.45, 2.75) is 31.8 Å². The number of amides is 1. The molecule has 2 heterocycles. The van der Waals surface area contributed by atoms with Gasteiger partial charge in [-0.05, 0) is 55.3 Å². The number of carbonyl (C=O) groups is 1. The molecule has 2 aliphatic heterocycles. The second-order valence-electron chi connectivity index (χ2n) is 7.80. The molecule has 2 aromatic carbocycles. The zero-order valence-corrected chi connectivity index (χ0v) is 17.5. The van der Waals surface area contributed by atoms with Crippen LogP contribution in [-0.4, -0.2) is 49.1 Å². The smallest absolute Gasteiger partial charge is 0.237 e. The number of likely N-dealkylation sites (tertiary alicyclic amines) is 1. The first kappa shape index (κ1) is 20.0. The molecule has 154 valence electrons. The van der Waals surface area contributed by atoms with Crippen molar-refractivity contribution in [2.75, 3.05) is 33.4 Å². The maximum absolute atomic E-state index is 13.0. The number of benzene rings is 2. The van der Waals surface area contributed by atoms with Gasteiger partial charge in [0.15, 0.2) is 11.5 Å². The van der Waals surface area contributed by atoms with Crippen molar-refractivity contribution in [3.8, 4) is 11.5 Å². The van der Waals surface area contributed by atoms with E-state index in [4.69, 9.17) is 21.1 Å². The molecule has 29 heavy (non-hydrogen) atoms. The number of rotatable bonds is 5. The van der Waals surface area contributed by atoms with E-state index in [-0.39, 0.29) is 11.9 Å². The van der Waals surface area contributed by atoms with Crippen molar-refractivity contribution in [2.24, 2.45) is 0 Å². The van der Waals surface area contributed by atoms with Crippen molar-refractivity contribution in [1.82, 2.24) is 9.80 Å². The second kappa shape index (κ2) is 9.06. The normalized spacial score (nSPS) is 18.7. The van der Waals surface area contributed by atoms with Gasteiger partial charge in [0, 0.05) is 24.5 Å². The molecule has 0 aromatic heterocycles. The van der Waals surface area contributed by atoms with E-state index in [1.165, 1.54) is 0 Å². The lowest BCUT2D eigenvalue weighted by Gasteiger charge is -2.28. The molecule has 4 rings (SSSR count). The zero-order valence-electron chi connectivity index (χ0n) is 16.8. The van der Waals surface area contributed by atoms with Gasteiger partial charge in [-0.3, -0.25) is 9.69 Å². The first-order chi connectivity index (χ1) is 14.1. The molecule has 6 heteroatoms. The molecule has 1 amide bonds. The van der Waals surface area contributed by atoms with E-state index in [2.05, 4.69) is 11.0 Å². The molecule has 0 bridgehead atoms. The molecule has 0 radical (unpaired) electrons. The molecule has 2 aromatic rings. The molecule has 1 fully saturated rings. The highest BCUT2D eigenvalue weighted by atomic mass is 35.5. The minimum Gasteiger partial charge on any atom is -0.490 e. The molecule has 0 unspecified atom stereocenters. The molecule has 2 aliphatic rings. The summed E-state index contributed by atoms with van der Waals surface area (Å²) in [6.07, 6.45) is 2.88. The molecule has 1 saturated heterocycles. The molecule has 0 aliphatic carbocycles.